The number of aromatic nitrogens is 1. The van der Waals surface area contributed by atoms with Gasteiger partial charge in [0.2, 0.25) is 0 Å². The molecule has 2 heteroatoms. The third kappa shape index (κ3) is 2.47. The van der Waals surface area contributed by atoms with Crippen molar-refractivity contribution in [2.24, 2.45) is 5.73 Å². The molecule has 0 radical (unpaired) electrons. The first-order valence-electron chi connectivity index (χ1n) is 6.10. The van der Waals surface area contributed by atoms with E-state index < -0.39 is 0 Å². The molecular formula is C15H20N2. The van der Waals surface area contributed by atoms with Crippen molar-refractivity contribution in [3.8, 4) is 0 Å². The Labute approximate surface area is 103 Å². The van der Waals surface area contributed by atoms with E-state index in [0.29, 0.717) is 0 Å². The Bertz CT molecular complexity index is 556. The summed E-state index contributed by atoms with van der Waals surface area (Å²) in [6.07, 6.45) is 0.883. The minimum absolute atomic E-state index is 0.169. The van der Waals surface area contributed by atoms with E-state index in [1.54, 1.807) is 0 Å². The van der Waals surface area contributed by atoms with E-state index in [4.69, 9.17) is 5.73 Å². The predicted octanol–water partition coefficient (Wildman–Crippen LogP) is 3.05. The van der Waals surface area contributed by atoms with Crippen LogP contribution in [0.4, 0.5) is 0 Å². The number of fused-ring (bicyclic) bond motifs is 1. The lowest BCUT2D eigenvalue weighted by Crippen LogP contribution is -2.18. The number of nitrogens with zero attached hydrogens (tertiary/aromatic N) is 1. The zero-order valence-electron chi connectivity index (χ0n) is 11.0. The van der Waals surface area contributed by atoms with Crippen molar-refractivity contribution in [2.75, 3.05) is 0 Å². The van der Waals surface area contributed by atoms with Crippen molar-refractivity contribution < 1.29 is 0 Å². The zero-order valence-corrected chi connectivity index (χ0v) is 11.0. The summed E-state index contributed by atoms with van der Waals surface area (Å²) >= 11 is 0. The maximum Gasteiger partial charge on any atom is 0.0740 e. The molecule has 0 aliphatic heterocycles. The fourth-order valence-corrected chi connectivity index (χ4v) is 2.39. The Morgan fingerprint density at radius 3 is 2.53 bits per heavy atom. The van der Waals surface area contributed by atoms with Gasteiger partial charge in [-0.2, -0.15) is 0 Å². The van der Waals surface area contributed by atoms with Crippen LogP contribution in [0.15, 0.2) is 18.2 Å². The molecule has 0 fully saturated rings. The Morgan fingerprint density at radius 2 is 1.88 bits per heavy atom. The van der Waals surface area contributed by atoms with Gasteiger partial charge in [-0.15, -0.1) is 0 Å². The Hall–Kier alpha value is -1.41. The second-order valence-corrected chi connectivity index (χ2v) is 5.08. The summed E-state index contributed by atoms with van der Waals surface area (Å²) in [5.74, 6) is 0. The quantitative estimate of drug-likeness (QED) is 0.858. The van der Waals surface area contributed by atoms with Crippen molar-refractivity contribution in [3.63, 3.8) is 0 Å². The second-order valence-electron chi connectivity index (χ2n) is 5.08. The van der Waals surface area contributed by atoms with E-state index in [1.165, 1.54) is 22.1 Å². The third-order valence-electron chi connectivity index (χ3n) is 3.01. The van der Waals surface area contributed by atoms with Crippen molar-refractivity contribution >= 4 is 10.9 Å². The van der Waals surface area contributed by atoms with Crippen LogP contribution < -0.4 is 5.73 Å². The lowest BCUT2D eigenvalue weighted by atomic mass is 9.98. The van der Waals surface area contributed by atoms with Crippen LogP contribution in [0, 0.1) is 20.8 Å². The van der Waals surface area contributed by atoms with E-state index in [0.717, 1.165) is 17.6 Å². The van der Waals surface area contributed by atoms with Crippen LogP contribution in [-0.4, -0.2) is 11.0 Å². The van der Waals surface area contributed by atoms with Crippen LogP contribution in [0.25, 0.3) is 10.9 Å². The predicted molar refractivity (Wildman–Crippen MR) is 73.3 cm³/mol. The Morgan fingerprint density at radius 1 is 1.18 bits per heavy atom. The highest BCUT2D eigenvalue weighted by atomic mass is 14.7. The van der Waals surface area contributed by atoms with Gasteiger partial charge in [0.25, 0.3) is 0 Å². The number of nitrogens with two attached hydrogens (primary N) is 1. The molecule has 0 bridgehead atoms. The first-order chi connectivity index (χ1) is 7.97. The number of hydrogen-bond acceptors (Lipinski definition) is 2. The van der Waals surface area contributed by atoms with Gasteiger partial charge in [0.1, 0.15) is 0 Å². The molecule has 0 spiro atoms. The third-order valence-corrected chi connectivity index (χ3v) is 3.01. The van der Waals surface area contributed by atoms with Crippen LogP contribution >= 0.6 is 0 Å². The van der Waals surface area contributed by atoms with Crippen LogP contribution in [0.2, 0.25) is 0 Å². The monoisotopic (exact) mass is 228 g/mol. The molecule has 2 rings (SSSR count). The van der Waals surface area contributed by atoms with Crippen LogP contribution in [0.1, 0.15) is 29.3 Å². The lowest BCUT2D eigenvalue weighted by Gasteiger charge is -2.12. The summed E-state index contributed by atoms with van der Waals surface area (Å²) in [4.78, 5) is 4.68. The zero-order chi connectivity index (χ0) is 12.6. The Kier molecular flexibility index (Phi) is 3.16. The first-order valence-corrected chi connectivity index (χ1v) is 6.10. The summed E-state index contributed by atoms with van der Waals surface area (Å²) < 4.78 is 0. The number of benzene rings is 1. The number of pyridine rings is 1. The highest BCUT2D eigenvalue weighted by molar-refractivity contribution is 5.86. The summed E-state index contributed by atoms with van der Waals surface area (Å²) in [6.45, 7) is 8.36. The maximum atomic E-state index is 5.91. The van der Waals surface area contributed by atoms with Crippen molar-refractivity contribution in [1.29, 1.82) is 0 Å². The van der Waals surface area contributed by atoms with Crippen LogP contribution in [-0.2, 0) is 6.42 Å². The number of rotatable bonds is 2. The van der Waals surface area contributed by atoms with E-state index in [9.17, 15) is 0 Å². The largest absolute Gasteiger partial charge is 0.328 e. The van der Waals surface area contributed by atoms with Gasteiger partial charge < -0.3 is 5.73 Å². The number of hydrogen-bond donors (Lipinski definition) is 1. The van der Waals surface area contributed by atoms with Gasteiger partial charge >= 0.3 is 0 Å². The molecule has 2 nitrogen and oxygen atoms in total. The summed E-state index contributed by atoms with van der Waals surface area (Å²) in [5, 5.41) is 1.26. The highest BCUT2D eigenvalue weighted by Crippen LogP contribution is 2.24. The number of aryl methyl sites for hydroxylation is 3. The molecule has 1 atom stereocenters. The van der Waals surface area contributed by atoms with Gasteiger partial charge in [0.05, 0.1) is 5.52 Å². The van der Waals surface area contributed by atoms with E-state index in [1.807, 2.05) is 13.8 Å². The van der Waals surface area contributed by atoms with E-state index >= 15 is 0 Å². The maximum absolute atomic E-state index is 5.91. The molecule has 0 saturated heterocycles. The molecule has 90 valence electrons. The van der Waals surface area contributed by atoms with Gasteiger partial charge in [0, 0.05) is 17.1 Å². The molecule has 2 N–H and O–H groups in total. The smallest absolute Gasteiger partial charge is 0.0740 e. The molecule has 1 unspecified atom stereocenters. The molecule has 0 saturated carbocycles. The standard InChI is InChI=1S/C15H20N2/c1-9-5-13(8-11(3)16)15-14(6-9)10(2)7-12(4)17-15/h5-7,11H,8,16H2,1-4H3. The van der Waals surface area contributed by atoms with Gasteiger partial charge in [-0.1, -0.05) is 11.6 Å². The minimum Gasteiger partial charge on any atom is -0.328 e. The van der Waals surface area contributed by atoms with Crippen molar-refractivity contribution in [2.45, 2.75) is 40.2 Å². The van der Waals surface area contributed by atoms with Gasteiger partial charge in [0.15, 0.2) is 0 Å². The van der Waals surface area contributed by atoms with Gasteiger partial charge in [-0.05, 0) is 57.4 Å². The average molecular weight is 228 g/mol. The van der Waals surface area contributed by atoms with Crippen molar-refractivity contribution in [1.82, 2.24) is 4.98 Å². The molecule has 2 aromatic rings. The first kappa shape index (κ1) is 12.1. The fraction of sp³-hybridized carbons (Fsp3) is 0.400. The summed E-state index contributed by atoms with van der Waals surface area (Å²) in [5.41, 5.74) is 11.9. The SMILES string of the molecule is Cc1cc(CC(C)N)c2nc(C)cc(C)c2c1. The van der Waals surface area contributed by atoms with Crippen LogP contribution in [0.3, 0.4) is 0 Å². The molecule has 0 amide bonds. The Balaban J connectivity index is 2.73. The molecule has 0 aliphatic rings. The van der Waals surface area contributed by atoms with E-state index in [-0.39, 0.29) is 6.04 Å². The molecule has 1 aromatic heterocycles. The van der Waals surface area contributed by atoms with Gasteiger partial charge in [-0.3, -0.25) is 4.98 Å². The molecular weight excluding hydrogens is 208 g/mol. The highest BCUT2D eigenvalue weighted by Gasteiger charge is 2.08. The fourth-order valence-electron chi connectivity index (χ4n) is 2.39. The molecule has 1 aromatic carbocycles. The van der Waals surface area contributed by atoms with Crippen molar-refractivity contribution in [3.05, 3.63) is 40.6 Å². The lowest BCUT2D eigenvalue weighted by molar-refractivity contribution is 0.740. The van der Waals surface area contributed by atoms with Gasteiger partial charge in [-0.25, -0.2) is 0 Å². The topological polar surface area (TPSA) is 38.9 Å². The second kappa shape index (κ2) is 4.46. The molecule has 17 heavy (non-hydrogen) atoms. The minimum atomic E-state index is 0.169. The molecule has 1 heterocycles. The average Bonchev–Trinajstić information content (AvgIpc) is 2.19. The molecule has 0 aliphatic carbocycles. The van der Waals surface area contributed by atoms with E-state index in [2.05, 4.69) is 37.0 Å². The summed E-state index contributed by atoms with van der Waals surface area (Å²) in [7, 11) is 0. The summed E-state index contributed by atoms with van der Waals surface area (Å²) in [6, 6.07) is 6.72. The normalized spacial score (nSPS) is 13.0. The van der Waals surface area contributed by atoms with Crippen LogP contribution in [0.5, 0.6) is 0 Å².